The third-order valence-electron chi connectivity index (χ3n) is 2.63. The van der Waals surface area contributed by atoms with Crippen LogP contribution in [-0.4, -0.2) is 25.7 Å². The number of carbonyl (C=O) groups is 1. The van der Waals surface area contributed by atoms with E-state index in [2.05, 4.69) is 10.1 Å². The normalized spacial score (nSPS) is 12.1. The van der Waals surface area contributed by atoms with Crippen molar-refractivity contribution in [3.8, 4) is 11.5 Å². The molecule has 1 aromatic carbocycles. The third kappa shape index (κ3) is 4.39. The predicted octanol–water partition coefficient (Wildman–Crippen LogP) is 2.82. The summed E-state index contributed by atoms with van der Waals surface area (Å²) in [5, 5.41) is 2.77. The van der Waals surface area contributed by atoms with Crippen molar-refractivity contribution in [3.63, 3.8) is 0 Å². The molecule has 1 atom stereocenters. The van der Waals surface area contributed by atoms with Gasteiger partial charge in [-0.3, -0.25) is 4.79 Å². The monoisotopic (exact) mass is 273 g/mol. The third-order valence-corrected chi connectivity index (χ3v) is 2.63. The molecule has 0 saturated carbocycles. The van der Waals surface area contributed by atoms with Crippen molar-refractivity contribution in [2.24, 2.45) is 0 Å². The van der Waals surface area contributed by atoms with Gasteiger partial charge in [0.2, 0.25) is 0 Å². The lowest BCUT2D eigenvalue weighted by Crippen LogP contribution is -2.31. The van der Waals surface area contributed by atoms with E-state index in [1.807, 2.05) is 13.8 Å². The molecule has 0 radical (unpaired) electrons. The minimum atomic E-state index is -2.94. The standard InChI is InChI=1S/C13H17F2NO3/c1-4-8(2)16-12(17)9-5-6-10(19-13(14)15)11(7-9)18-3/h5-8,13H,4H2,1-3H3,(H,16,17)/t8-/m1/s1. The van der Waals surface area contributed by atoms with Crippen LogP contribution in [0.15, 0.2) is 18.2 Å². The van der Waals surface area contributed by atoms with Crippen LogP contribution in [0.4, 0.5) is 8.78 Å². The second kappa shape index (κ2) is 6.92. The van der Waals surface area contributed by atoms with E-state index in [9.17, 15) is 13.6 Å². The molecule has 4 nitrogen and oxygen atoms in total. The fourth-order valence-corrected chi connectivity index (χ4v) is 1.41. The van der Waals surface area contributed by atoms with Crippen molar-refractivity contribution in [3.05, 3.63) is 23.8 Å². The summed E-state index contributed by atoms with van der Waals surface area (Å²) in [5.41, 5.74) is 0.332. The van der Waals surface area contributed by atoms with Crippen molar-refractivity contribution in [2.45, 2.75) is 32.9 Å². The molecule has 1 aromatic rings. The predicted molar refractivity (Wildman–Crippen MR) is 66.8 cm³/mol. The molecule has 106 valence electrons. The highest BCUT2D eigenvalue weighted by Gasteiger charge is 2.14. The van der Waals surface area contributed by atoms with E-state index in [1.54, 1.807) is 0 Å². The van der Waals surface area contributed by atoms with Crippen LogP contribution in [0.1, 0.15) is 30.6 Å². The summed E-state index contributed by atoms with van der Waals surface area (Å²) in [6.45, 7) is 0.891. The van der Waals surface area contributed by atoms with Gasteiger partial charge in [0, 0.05) is 11.6 Å². The van der Waals surface area contributed by atoms with Crippen molar-refractivity contribution in [2.75, 3.05) is 7.11 Å². The fraction of sp³-hybridized carbons (Fsp3) is 0.462. The van der Waals surface area contributed by atoms with Crippen LogP contribution in [0.3, 0.4) is 0 Å². The zero-order chi connectivity index (χ0) is 14.4. The quantitative estimate of drug-likeness (QED) is 0.867. The Balaban J connectivity index is 2.90. The number of ether oxygens (including phenoxy) is 2. The molecule has 0 aliphatic rings. The van der Waals surface area contributed by atoms with Gasteiger partial charge in [-0.1, -0.05) is 6.92 Å². The molecule has 0 saturated heterocycles. The van der Waals surface area contributed by atoms with Crippen molar-refractivity contribution >= 4 is 5.91 Å². The van der Waals surface area contributed by atoms with Gasteiger partial charge < -0.3 is 14.8 Å². The molecule has 0 aliphatic heterocycles. The maximum Gasteiger partial charge on any atom is 0.387 e. The molecule has 0 fully saturated rings. The largest absolute Gasteiger partial charge is 0.493 e. The maximum absolute atomic E-state index is 12.2. The summed E-state index contributed by atoms with van der Waals surface area (Å²) >= 11 is 0. The van der Waals surface area contributed by atoms with Gasteiger partial charge in [0.25, 0.3) is 5.91 Å². The first-order chi connectivity index (χ1) is 8.97. The van der Waals surface area contributed by atoms with Gasteiger partial charge in [-0.05, 0) is 31.5 Å². The van der Waals surface area contributed by atoms with Crippen LogP contribution in [0, 0.1) is 0 Å². The van der Waals surface area contributed by atoms with E-state index in [-0.39, 0.29) is 23.4 Å². The summed E-state index contributed by atoms with van der Waals surface area (Å²) < 4.78 is 33.5. The number of benzene rings is 1. The fourth-order valence-electron chi connectivity index (χ4n) is 1.41. The van der Waals surface area contributed by atoms with E-state index < -0.39 is 6.61 Å². The lowest BCUT2D eigenvalue weighted by atomic mass is 10.1. The second-order valence-electron chi connectivity index (χ2n) is 4.03. The first-order valence-electron chi connectivity index (χ1n) is 5.91. The molecule has 6 heteroatoms. The van der Waals surface area contributed by atoms with Crippen LogP contribution in [0.5, 0.6) is 11.5 Å². The Kier molecular flexibility index (Phi) is 5.54. The highest BCUT2D eigenvalue weighted by molar-refractivity contribution is 5.95. The molecule has 0 heterocycles. The van der Waals surface area contributed by atoms with E-state index in [0.717, 1.165) is 6.42 Å². The van der Waals surface area contributed by atoms with Gasteiger partial charge in [-0.25, -0.2) is 0 Å². The van der Waals surface area contributed by atoms with E-state index in [4.69, 9.17) is 4.74 Å². The Labute approximate surface area is 110 Å². The molecule has 19 heavy (non-hydrogen) atoms. The first kappa shape index (κ1) is 15.2. The number of halogens is 2. The molecule has 1 rings (SSSR count). The number of alkyl halides is 2. The van der Waals surface area contributed by atoms with Gasteiger partial charge in [-0.15, -0.1) is 0 Å². The molecule has 0 aliphatic carbocycles. The Morgan fingerprint density at radius 1 is 1.37 bits per heavy atom. The van der Waals surface area contributed by atoms with Crippen LogP contribution in [0.2, 0.25) is 0 Å². The molecule has 0 aromatic heterocycles. The zero-order valence-corrected chi connectivity index (χ0v) is 11.1. The molecule has 0 bridgehead atoms. The van der Waals surface area contributed by atoms with Crippen molar-refractivity contribution in [1.82, 2.24) is 5.32 Å². The molecule has 1 N–H and O–H groups in total. The smallest absolute Gasteiger partial charge is 0.387 e. The number of hydrogen-bond donors (Lipinski definition) is 1. The molecular weight excluding hydrogens is 256 g/mol. The van der Waals surface area contributed by atoms with Gasteiger partial charge >= 0.3 is 6.61 Å². The average Bonchev–Trinajstić information content (AvgIpc) is 2.38. The van der Waals surface area contributed by atoms with E-state index in [1.165, 1.54) is 25.3 Å². The lowest BCUT2D eigenvalue weighted by molar-refractivity contribution is -0.0512. The first-order valence-corrected chi connectivity index (χ1v) is 5.91. The molecule has 0 spiro atoms. The molecule has 0 unspecified atom stereocenters. The summed E-state index contributed by atoms with van der Waals surface area (Å²) in [7, 11) is 1.32. The zero-order valence-electron chi connectivity index (χ0n) is 11.1. The van der Waals surface area contributed by atoms with Crippen molar-refractivity contribution < 1.29 is 23.0 Å². The molecule has 1 amide bonds. The number of rotatable bonds is 6. The van der Waals surface area contributed by atoms with Gasteiger partial charge in [-0.2, -0.15) is 8.78 Å². The number of nitrogens with one attached hydrogen (secondary N) is 1. The summed E-state index contributed by atoms with van der Waals surface area (Å²) in [6, 6.07) is 4.11. The topological polar surface area (TPSA) is 47.6 Å². The van der Waals surface area contributed by atoms with Gasteiger partial charge in [0.05, 0.1) is 7.11 Å². The summed E-state index contributed by atoms with van der Waals surface area (Å²) in [5.74, 6) is -0.286. The van der Waals surface area contributed by atoms with Crippen LogP contribution >= 0.6 is 0 Å². The minimum Gasteiger partial charge on any atom is -0.493 e. The van der Waals surface area contributed by atoms with E-state index >= 15 is 0 Å². The summed E-state index contributed by atoms with van der Waals surface area (Å²) in [4.78, 5) is 11.9. The number of hydrogen-bond acceptors (Lipinski definition) is 3. The molecular formula is C13H17F2NO3. The highest BCUT2D eigenvalue weighted by atomic mass is 19.3. The van der Waals surface area contributed by atoms with Gasteiger partial charge in [0.1, 0.15) is 0 Å². The Morgan fingerprint density at radius 3 is 2.58 bits per heavy atom. The SMILES string of the molecule is CC[C@@H](C)NC(=O)c1ccc(OC(F)F)c(OC)c1. The van der Waals surface area contributed by atoms with Gasteiger partial charge in [0.15, 0.2) is 11.5 Å². The number of carbonyl (C=O) groups excluding carboxylic acids is 1. The van der Waals surface area contributed by atoms with Crippen LogP contribution in [0.25, 0.3) is 0 Å². The average molecular weight is 273 g/mol. The Bertz CT molecular complexity index is 438. The number of methoxy groups -OCH3 is 1. The second-order valence-corrected chi connectivity index (χ2v) is 4.03. The Morgan fingerprint density at radius 2 is 2.05 bits per heavy atom. The highest BCUT2D eigenvalue weighted by Crippen LogP contribution is 2.29. The Hall–Kier alpha value is -1.85. The van der Waals surface area contributed by atoms with Crippen LogP contribution in [-0.2, 0) is 0 Å². The van der Waals surface area contributed by atoms with E-state index in [0.29, 0.717) is 5.56 Å². The summed E-state index contributed by atoms with van der Waals surface area (Å²) in [6.07, 6.45) is 0.801. The maximum atomic E-state index is 12.2. The van der Waals surface area contributed by atoms with Crippen LogP contribution < -0.4 is 14.8 Å². The number of amides is 1. The minimum absolute atomic E-state index is 0.0375. The lowest BCUT2D eigenvalue weighted by Gasteiger charge is -2.13. The van der Waals surface area contributed by atoms with Crippen molar-refractivity contribution in [1.29, 1.82) is 0 Å².